The molecule has 2 heterocycles. The number of thiazole rings is 1. The van der Waals surface area contributed by atoms with Crippen molar-refractivity contribution in [1.82, 2.24) is 15.0 Å². The molecular weight excluding hydrogens is 506 g/mol. The number of para-hydroxylation sites is 1. The van der Waals surface area contributed by atoms with Gasteiger partial charge in [-0.2, -0.15) is 5.26 Å². The van der Waals surface area contributed by atoms with Gasteiger partial charge in [-0.05, 0) is 24.3 Å². The summed E-state index contributed by atoms with van der Waals surface area (Å²) >= 11 is 2.87. The number of thioether (sulfide) groups is 1. The van der Waals surface area contributed by atoms with Gasteiger partial charge in [-0.15, -0.1) is 11.3 Å². The Bertz CT molecular complexity index is 1450. The van der Waals surface area contributed by atoms with Gasteiger partial charge in [-0.1, -0.05) is 42.1 Å². The van der Waals surface area contributed by atoms with Gasteiger partial charge in [0.25, 0.3) is 0 Å². The fourth-order valence-electron chi connectivity index (χ4n) is 3.39. The van der Waals surface area contributed by atoms with E-state index in [0.717, 1.165) is 16.4 Å². The van der Waals surface area contributed by atoms with Crippen LogP contribution >= 0.6 is 23.1 Å². The van der Waals surface area contributed by atoms with Crippen LogP contribution in [0.3, 0.4) is 0 Å². The van der Waals surface area contributed by atoms with Crippen molar-refractivity contribution in [3.8, 4) is 17.3 Å². The van der Waals surface area contributed by atoms with Gasteiger partial charge in [0, 0.05) is 47.8 Å². The summed E-state index contributed by atoms with van der Waals surface area (Å²) in [5.41, 5.74) is 9.64. The number of nitrogen functional groups attached to an aromatic ring is 1. The summed E-state index contributed by atoms with van der Waals surface area (Å²) in [7, 11) is 0. The predicted molar refractivity (Wildman–Crippen MR) is 146 cm³/mol. The molecule has 0 bridgehead atoms. The third-order valence-electron chi connectivity index (χ3n) is 5.08. The number of nitrogens with one attached hydrogen (secondary N) is 2. The number of hydrogen-bond donors (Lipinski definition) is 3. The van der Waals surface area contributed by atoms with Gasteiger partial charge in [-0.3, -0.25) is 9.59 Å². The summed E-state index contributed by atoms with van der Waals surface area (Å²) in [4.78, 5) is 36.9. The van der Waals surface area contributed by atoms with Gasteiger partial charge in [0.2, 0.25) is 11.8 Å². The van der Waals surface area contributed by atoms with Gasteiger partial charge in [-0.25, -0.2) is 15.0 Å². The first-order chi connectivity index (χ1) is 17.9. The topological polar surface area (TPSA) is 147 Å². The highest BCUT2D eigenvalue weighted by Gasteiger charge is 2.15. The van der Waals surface area contributed by atoms with E-state index >= 15 is 0 Å². The second-order valence-corrected chi connectivity index (χ2v) is 9.81. The fraction of sp³-hybridized carbons (Fsp3) is 0.154. The molecular formula is C26H23N7O2S2. The van der Waals surface area contributed by atoms with Gasteiger partial charge in [0.05, 0.1) is 16.4 Å². The number of carbonyl (C=O) groups is 2. The van der Waals surface area contributed by atoms with Gasteiger partial charge >= 0.3 is 0 Å². The van der Waals surface area contributed by atoms with Crippen molar-refractivity contribution in [3.63, 3.8) is 0 Å². The van der Waals surface area contributed by atoms with Crippen LogP contribution in [0.25, 0.3) is 11.3 Å². The van der Waals surface area contributed by atoms with Crippen molar-refractivity contribution >= 4 is 52.1 Å². The standard InChI is InChI=1S/C26H23N7O2S2/c1-16(34)29-19-9-7-17(8-10-19)24-21(13-27)25(28)33-26(32-24)37-15-20-14-36-23(31-20)12-11-22(35)30-18-5-3-2-4-6-18/h2-10,14H,11-12,15H2,1H3,(H,29,34)(H,30,35)(H2,28,32,33). The number of hydrogen-bond acceptors (Lipinski definition) is 9. The maximum atomic E-state index is 12.2. The Balaban J connectivity index is 1.39. The SMILES string of the molecule is CC(=O)Nc1ccc(-c2nc(SCc3csc(CCC(=O)Nc4ccccc4)n3)nc(N)c2C#N)cc1. The Morgan fingerprint density at radius 3 is 2.46 bits per heavy atom. The highest BCUT2D eigenvalue weighted by molar-refractivity contribution is 7.98. The molecule has 0 saturated carbocycles. The summed E-state index contributed by atoms with van der Waals surface area (Å²) in [5.74, 6) is 0.385. The number of nitrogens with zero attached hydrogens (tertiary/aromatic N) is 4. The van der Waals surface area contributed by atoms with Crippen LogP contribution in [0.5, 0.6) is 0 Å². The molecule has 0 aliphatic carbocycles. The van der Waals surface area contributed by atoms with E-state index in [9.17, 15) is 14.9 Å². The van der Waals surface area contributed by atoms with Gasteiger partial charge in [0.15, 0.2) is 5.16 Å². The summed E-state index contributed by atoms with van der Waals surface area (Å²) < 4.78 is 0. The monoisotopic (exact) mass is 529 g/mol. The fourth-order valence-corrected chi connectivity index (χ4v) is 5.04. The van der Waals surface area contributed by atoms with Gasteiger partial charge in [0.1, 0.15) is 17.5 Å². The molecule has 0 fully saturated rings. The van der Waals surface area contributed by atoms with Crippen LogP contribution in [-0.2, 0) is 21.8 Å². The zero-order chi connectivity index (χ0) is 26.2. The van der Waals surface area contributed by atoms with Crippen molar-refractivity contribution < 1.29 is 9.59 Å². The smallest absolute Gasteiger partial charge is 0.224 e. The van der Waals surface area contributed by atoms with E-state index < -0.39 is 0 Å². The van der Waals surface area contributed by atoms with Crippen LogP contribution in [0.1, 0.15) is 29.6 Å². The minimum atomic E-state index is -0.170. The summed E-state index contributed by atoms with van der Waals surface area (Å²) in [6, 6.07) is 18.4. The number of aryl methyl sites for hydroxylation is 1. The normalized spacial score (nSPS) is 10.5. The zero-order valence-corrected chi connectivity index (χ0v) is 21.5. The molecule has 0 saturated heterocycles. The minimum absolute atomic E-state index is 0.0589. The largest absolute Gasteiger partial charge is 0.382 e. The number of nitriles is 1. The molecule has 4 N–H and O–H groups in total. The number of amides is 2. The number of nitrogens with two attached hydrogens (primary N) is 1. The highest BCUT2D eigenvalue weighted by Crippen LogP contribution is 2.30. The molecule has 2 aromatic carbocycles. The van der Waals surface area contributed by atoms with Crippen LogP contribution < -0.4 is 16.4 Å². The van der Waals surface area contributed by atoms with Crippen LogP contribution in [0, 0.1) is 11.3 Å². The van der Waals surface area contributed by atoms with Crippen LogP contribution in [-0.4, -0.2) is 26.8 Å². The number of carbonyl (C=O) groups excluding carboxylic acids is 2. The first-order valence-electron chi connectivity index (χ1n) is 11.3. The van der Waals surface area contributed by atoms with Crippen LogP contribution in [0.15, 0.2) is 65.1 Å². The number of anilines is 3. The molecule has 0 aliphatic rings. The molecule has 37 heavy (non-hydrogen) atoms. The molecule has 0 aliphatic heterocycles. The van der Waals surface area contributed by atoms with Crippen molar-refractivity contribution in [3.05, 3.63) is 76.2 Å². The van der Waals surface area contributed by atoms with E-state index in [1.807, 2.05) is 35.7 Å². The van der Waals surface area contributed by atoms with E-state index in [1.54, 1.807) is 24.3 Å². The van der Waals surface area contributed by atoms with Crippen molar-refractivity contribution in [2.24, 2.45) is 0 Å². The molecule has 4 rings (SSSR count). The summed E-state index contributed by atoms with van der Waals surface area (Å²) in [6.45, 7) is 1.43. The Morgan fingerprint density at radius 2 is 1.76 bits per heavy atom. The summed E-state index contributed by atoms with van der Waals surface area (Å²) in [5, 5.41) is 18.4. The van der Waals surface area contributed by atoms with Crippen molar-refractivity contribution in [2.45, 2.75) is 30.7 Å². The molecule has 186 valence electrons. The van der Waals surface area contributed by atoms with Crippen molar-refractivity contribution in [2.75, 3.05) is 16.4 Å². The second-order valence-electron chi connectivity index (χ2n) is 7.92. The highest BCUT2D eigenvalue weighted by atomic mass is 32.2. The Kier molecular flexibility index (Phi) is 8.45. The van der Waals surface area contributed by atoms with E-state index in [1.165, 1.54) is 30.0 Å². The molecule has 4 aromatic rings. The van der Waals surface area contributed by atoms with Crippen LogP contribution in [0.2, 0.25) is 0 Å². The quantitative estimate of drug-likeness (QED) is 0.205. The molecule has 0 atom stereocenters. The molecule has 2 amide bonds. The molecule has 0 spiro atoms. The lowest BCUT2D eigenvalue weighted by molar-refractivity contribution is -0.116. The lowest BCUT2D eigenvalue weighted by atomic mass is 10.1. The third-order valence-corrected chi connectivity index (χ3v) is 6.92. The molecule has 9 nitrogen and oxygen atoms in total. The Morgan fingerprint density at radius 1 is 1.03 bits per heavy atom. The van der Waals surface area contributed by atoms with E-state index in [0.29, 0.717) is 40.7 Å². The Hall–Kier alpha value is -4.27. The Labute approximate surface area is 222 Å². The van der Waals surface area contributed by atoms with E-state index in [4.69, 9.17) is 5.73 Å². The number of benzene rings is 2. The maximum absolute atomic E-state index is 12.2. The van der Waals surface area contributed by atoms with Crippen LogP contribution in [0.4, 0.5) is 17.2 Å². The molecule has 2 aromatic heterocycles. The lowest BCUT2D eigenvalue weighted by Crippen LogP contribution is -2.12. The molecule has 0 unspecified atom stereocenters. The number of rotatable bonds is 9. The molecule has 11 heteroatoms. The van der Waals surface area contributed by atoms with Gasteiger partial charge < -0.3 is 16.4 Å². The first-order valence-corrected chi connectivity index (χ1v) is 13.1. The predicted octanol–water partition coefficient (Wildman–Crippen LogP) is 4.88. The van der Waals surface area contributed by atoms with E-state index in [-0.39, 0.29) is 23.2 Å². The minimum Gasteiger partial charge on any atom is -0.382 e. The lowest BCUT2D eigenvalue weighted by Gasteiger charge is -2.09. The number of aromatic nitrogens is 3. The zero-order valence-electron chi connectivity index (χ0n) is 19.9. The van der Waals surface area contributed by atoms with E-state index in [2.05, 4.69) is 31.7 Å². The second kappa shape index (κ2) is 12.1. The maximum Gasteiger partial charge on any atom is 0.224 e. The molecule has 0 radical (unpaired) electrons. The summed E-state index contributed by atoms with van der Waals surface area (Å²) in [6.07, 6.45) is 0.890. The first kappa shape index (κ1) is 25.8. The average Bonchev–Trinajstić information content (AvgIpc) is 3.34. The van der Waals surface area contributed by atoms with Crippen molar-refractivity contribution in [1.29, 1.82) is 5.26 Å². The average molecular weight is 530 g/mol. The third kappa shape index (κ3) is 7.13.